The molecule has 1 fully saturated rings. The van der Waals surface area contributed by atoms with Gasteiger partial charge in [-0.25, -0.2) is 0 Å². The normalized spacial score (nSPS) is 23.2. The van der Waals surface area contributed by atoms with Crippen molar-refractivity contribution >= 4 is 27.3 Å². The predicted molar refractivity (Wildman–Crippen MR) is 65.8 cm³/mol. The van der Waals surface area contributed by atoms with Gasteiger partial charge in [-0.05, 0) is 40.9 Å². The predicted octanol–water partition coefficient (Wildman–Crippen LogP) is 2.06. The van der Waals surface area contributed by atoms with Crippen LogP contribution in [0, 0.1) is 0 Å². The third-order valence-corrected chi connectivity index (χ3v) is 4.32. The van der Waals surface area contributed by atoms with E-state index in [9.17, 15) is 0 Å². The molecule has 2 heterocycles. The second kappa shape index (κ2) is 5.41. The van der Waals surface area contributed by atoms with E-state index in [1.54, 1.807) is 11.3 Å². The van der Waals surface area contributed by atoms with Crippen LogP contribution < -0.4 is 11.3 Å². The maximum atomic E-state index is 5.64. The molecule has 0 amide bonds. The second-order valence-electron chi connectivity index (χ2n) is 3.73. The summed E-state index contributed by atoms with van der Waals surface area (Å²) in [7, 11) is 0. The Morgan fingerprint density at radius 3 is 3.07 bits per heavy atom. The average Bonchev–Trinajstić information content (AvgIpc) is 2.85. The third-order valence-electron chi connectivity index (χ3n) is 2.68. The smallest absolute Gasteiger partial charge is 0.0745 e. The first-order valence-electron chi connectivity index (χ1n) is 5.11. The highest BCUT2D eigenvalue weighted by Crippen LogP contribution is 2.25. The fourth-order valence-corrected chi connectivity index (χ4v) is 3.44. The van der Waals surface area contributed by atoms with Crippen LogP contribution in [0.15, 0.2) is 15.9 Å². The summed E-state index contributed by atoms with van der Waals surface area (Å²) in [5, 5.41) is 0. The topological polar surface area (TPSA) is 47.3 Å². The van der Waals surface area contributed by atoms with Crippen LogP contribution >= 0.6 is 27.3 Å². The molecule has 0 saturated carbocycles. The molecule has 15 heavy (non-hydrogen) atoms. The summed E-state index contributed by atoms with van der Waals surface area (Å²) in [5.74, 6) is 5.57. The second-order valence-corrected chi connectivity index (χ2v) is 6.28. The molecule has 1 aromatic rings. The number of hydrazine groups is 1. The van der Waals surface area contributed by atoms with Gasteiger partial charge >= 0.3 is 0 Å². The number of rotatable bonds is 4. The lowest BCUT2D eigenvalue weighted by atomic mass is 10.0. The van der Waals surface area contributed by atoms with E-state index in [0.717, 1.165) is 25.9 Å². The molecule has 2 rings (SSSR count). The van der Waals surface area contributed by atoms with Crippen LogP contribution in [-0.2, 0) is 11.2 Å². The van der Waals surface area contributed by atoms with Crippen molar-refractivity contribution in [3.63, 3.8) is 0 Å². The number of hydrogen-bond donors (Lipinski definition) is 2. The summed E-state index contributed by atoms with van der Waals surface area (Å²) in [4.78, 5) is 1.33. The zero-order valence-corrected chi connectivity index (χ0v) is 10.8. The highest BCUT2D eigenvalue weighted by molar-refractivity contribution is 9.11. The zero-order valence-electron chi connectivity index (χ0n) is 8.41. The molecule has 2 unspecified atom stereocenters. The van der Waals surface area contributed by atoms with E-state index in [1.165, 1.54) is 8.66 Å². The lowest BCUT2D eigenvalue weighted by molar-refractivity contribution is 0.0787. The van der Waals surface area contributed by atoms with Gasteiger partial charge in [-0.3, -0.25) is 11.3 Å². The molecule has 1 saturated heterocycles. The first-order chi connectivity index (χ1) is 7.29. The summed E-state index contributed by atoms with van der Waals surface area (Å²) < 4.78 is 6.80. The van der Waals surface area contributed by atoms with Gasteiger partial charge in [-0.2, -0.15) is 0 Å². The summed E-state index contributed by atoms with van der Waals surface area (Å²) in [6.07, 6.45) is 3.48. The molecule has 0 aliphatic carbocycles. The van der Waals surface area contributed by atoms with Crippen LogP contribution in [0.4, 0.5) is 0 Å². The minimum Gasteiger partial charge on any atom is -0.377 e. The van der Waals surface area contributed by atoms with Crippen molar-refractivity contribution in [2.45, 2.75) is 31.4 Å². The minimum atomic E-state index is 0.234. The average molecular weight is 291 g/mol. The Kier molecular flexibility index (Phi) is 4.16. The molecule has 0 aromatic carbocycles. The zero-order chi connectivity index (χ0) is 10.7. The molecule has 0 radical (unpaired) electrons. The van der Waals surface area contributed by atoms with Crippen molar-refractivity contribution in [3.05, 3.63) is 20.8 Å². The maximum Gasteiger partial charge on any atom is 0.0745 e. The van der Waals surface area contributed by atoms with Crippen LogP contribution in [0.25, 0.3) is 0 Å². The first-order valence-corrected chi connectivity index (χ1v) is 6.72. The maximum absolute atomic E-state index is 5.64. The Morgan fingerprint density at radius 1 is 1.67 bits per heavy atom. The van der Waals surface area contributed by atoms with Gasteiger partial charge in [0.1, 0.15) is 0 Å². The largest absolute Gasteiger partial charge is 0.377 e. The molecule has 84 valence electrons. The molecule has 1 aliphatic heterocycles. The van der Waals surface area contributed by atoms with Gasteiger partial charge in [0, 0.05) is 17.9 Å². The van der Waals surface area contributed by atoms with Crippen LogP contribution in [0.1, 0.15) is 17.7 Å². The third kappa shape index (κ3) is 3.01. The van der Waals surface area contributed by atoms with Crippen molar-refractivity contribution < 1.29 is 4.74 Å². The summed E-state index contributed by atoms with van der Waals surface area (Å²) in [6, 6.07) is 4.44. The van der Waals surface area contributed by atoms with Gasteiger partial charge in [0.2, 0.25) is 0 Å². The fourth-order valence-electron chi connectivity index (χ4n) is 1.90. The van der Waals surface area contributed by atoms with Crippen molar-refractivity contribution in [2.75, 3.05) is 6.61 Å². The van der Waals surface area contributed by atoms with E-state index in [0.29, 0.717) is 0 Å². The highest BCUT2D eigenvalue weighted by Gasteiger charge is 2.25. The monoisotopic (exact) mass is 290 g/mol. The summed E-state index contributed by atoms with van der Waals surface area (Å²) in [5.41, 5.74) is 2.87. The number of halogens is 1. The summed E-state index contributed by atoms with van der Waals surface area (Å²) in [6.45, 7) is 0.872. The van der Waals surface area contributed by atoms with Crippen LogP contribution in [-0.4, -0.2) is 18.8 Å². The van der Waals surface area contributed by atoms with Gasteiger partial charge in [-0.15, -0.1) is 11.3 Å². The van der Waals surface area contributed by atoms with Crippen molar-refractivity contribution in [2.24, 2.45) is 5.84 Å². The van der Waals surface area contributed by atoms with Gasteiger partial charge in [0.15, 0.2) is 0 Å². The van der Waals surface area contributed by atoms with Gasteiger partial charge in [0.25, 0.3) is 0 Å². The van der Waals surface area contributed by atoms with Crippen LogP contribution in [0.2, 0.25) is 0 Å². The first kappa shape index (κ1) is 11.5. The van der Waals surface area contributed by atoms with E-state index in [2.05, 4.69) is 33.5 Å². The molecule has 2 atom stereocenters. The molecule has 3 nitrogen and oxygen atoms in total. The summed E-state index contributed by atoms with van der Waals surface area (Å²) >= 11 is 5.22. The minimum absolute atomic E-state index is 0.234. The van der Waals surface area contributed by atoms with Crippen molar-refractivity contribution in [3.8, 4) is 0 Å². The van der Waals surface area contributed by atoms with Gasteiger partial charge < -0.3 is 4.74 Å². The van der Waals surface area contributed by atoms with Gasteiger partial charge in [0.05, 0.1) is 15.9 Å². The Labute approximate surface area is 102 Å². The number of ether oxygens (including phenoxy) is 1. The molecule has 1 aliphatic rings. The Morgan fingerprint density at radius 2 is 2.53 bits per heavy atom. The van der Waals surface area contributed by atoms with E-state index in [1.807, 2.05) is 0 Å². The number of nitrogens with one attached hydrogen (secondary N) is 1. The Balaban J connectivity index is 1.95. The Hall–Kier alpha value is 0.0600. The van der Waals surface area contributed by atoms with E-state index in [-0.39, 0.29) is 12.1 Å². The van der Waals surface area contributed by atoms with Crippen LogP contribution in [0.5, 0.6) is 0 Å². The van der Waals surface area contributed by atoms with E-state index >= 15 is 0 Å². The molecule has 0 bridgehead atoms. The fraction of sp³-hybridized carbons (Fsp3) is 0.600. The van der Waals surface area contributed by atoms with Crippen LogP contribution in [0.3, 0.4) is 0 Å². The highest BCUT2D eigenvalue weighted by atomic mass is 79.9. The lowest BCUT2D eigenvalue weighted by Gasteiger charge is -2.21. The van der Waals surface area contributed by atoms with Crippen molar-refractivity contribution in [1.82, 2.24) is 5.43 Å². The standard InChI is InChI=1S/C10H15BrN2OS/c11-10-4-3-7(15-10)6-8(13-12)9-2-1-5-14-9/h3-4,8-9,13H,1-2,5-6,12H2. The van der Waals surface area contributed by atoms with Crippen molar-refractivity contribution in [1.29, 1.82) is 0 Å². The molecule has 0 spiro atoms. The number of hydrogen-bond acceptors (Lipinski definition) is 4. The molecular weight excluding hydrogens is 276 g/mol. The SMILES string of the molecule is NNC(Cc1ccc(Br)s1)C1CCCO1. The lowest BCUT2D eigenvalue weighted by Crippen LogP contribution is -2.45. The quantitative estimate of drug-likeness (QED) is 0.659. The van der Waals surface area contributed by atoms with E-state index in [4.69, 9.17) is 10.6 Å². The van der Waals surface area contributed by atoms with Gasteiger partial charge in [-0.1, -0.05) is 0 Å². The Bertz CT molecular complexity index is 312. The number of thiophene rings is 1. The molecule has 3 N–H and O–H groups in total. The molecule has 1 aromatic heterocycles. The molecule has 5 heteroatoms. The van der Waals surface area contributed by atoms with E-state index < -0.39 is 0 Å². The molecular formula is C10H15BrN2OS. The number of nitrogens with two attached hydrogens (primary N) is 1.